The Balaban J connectivity index is 1.47. The molecular weight excluding hydrogens is 331 g/mol. The molecule has 0 radical (unpaired) electrons. The van der Waals surface area contributed by atoms with E-state index in [2.05, 4.69) is 15.2 Å². The minimum absolute atomic E-state index is 0.185. The van der Waals surface area contributed by atoms with Crippen molar-refractivity contribution < 1.29 is 9.13 Å². The monoisotopic (exact) mass is 352 g/mol. The van der Waals surface area contributed by atoms with E-state index in [1.54, 1.807) is 18.3 Å². The molecule has 1 aromatic carbocycles. The van der Waals surface area contributed by atoms with Crippen LogP contribution in [0.15, 0.2) is 48.7 Å². The van der Waals surface area contributed by atoms with Crippen LogP contribution in [-0.2, 0) is 0 Å². The van der Waals surface area contributed by atoms with Gasteiger partial charge in [-0.3, -0.25) is 4.57 Å². The molecule has 0 amide bonds. The Kier molecular flexibility index (Phi) is 4.65. The Labute approximate surface area is 151 Å². The first-order valence-electron chi connectivity index (χ1n) is 8.96. The van der Waals surface area contributed by atoms with E-state index in [1.165, 1.54) is 12.1 Å². The number of rotatable bonds is 4. The Hall–Kier alpha value is -2.76. The summed E-state index contributed by atoms with van der Waals surface area (Å²) in [5.41, 5.74) is 0.899. The molecule has 0 aliphatic heterocycles. The van der Waals surface area contributed by atoms with Crippen LogP contribution in [0.4, 0.5) is 4.39 Å². The zero-order valence-corrected chi connectivity index (χ0v) is 14.7. The summed E-state index contributed by atoms with van der Waals surface area (Å²) in [6.45, 7) is 1.93. The summed E-state index contributed by atoms with van der Waals surface area (Å²) >= 11 is 0. The lowest BCUT2D eigenvalue weighted by Gasteiger charge is -2.28. The molecule has 0 spiro atoms. The lowest BCUT2D eigenvalue weighted by Crippen LogP contribution is -2.25. The number of aryl methyl sites for hydroxylation is 1. The van der Waals surface area contributed by atoms with Crippen molar-refractivity contribution in [2.45, 2.75) is 44.6 Å². The lowest BCUT2D eigenvalue weighted by atomic mass is 9.86. The summed E-state index contributed by atoms with van der Waals surface area (Å²) in [7, 11) is 0. The molecule has 3 aromatic rings. The van der Waals surface area contributed by atoms with Crippen molar-refractivity contribution in [1.82, 2.24) is 19.7 Å². The third-order valence-corrected chi connectivity index (χ3v) is 4.90. The van der Waals surface area contributed by atoms with Gasteiger partial charge >= 0.3 is 0 Å². The quantitative estimate of drug-likeness (QED) is 0.706. The number of nitrogens with zero attached hydrogens (tertiary/aromatic N) is 4. The van der Waals surface area contributed by atoms with Crippen LogP contribution in [0.2, 0.25) is 0 Å². The minimum atomic E-state index is -0.242. The Bertz CT molecular complexity index is 855. The molecular formula is C20H21FN4O. The second kappa shape index (κ2) is 7.23. The second-order valence-electron chi connectivity index (χ2n) is 6.68. The predicted octanol–water partition coefficient (Wildman–Crippen LogP) is 4.22. The molecule has 134 valence electrons. The van der Waals surface area contributed by atoms with Gasteiger partial charge in [0.05, 0.1) is 0 Å². The summed E-state index contributed by atoms with van der Waals surface area (Å²) in [5, 5.41) is 8.67. The molecule has 1 aliphatic carbocycles. The molecule has 26 heavy (non-hydrogen) atoms. The molecule has 4 rings (SSSR count). The van der Waals surface area contributed by atoms with Crippen LogP contribution in [0.5, 0.6) is 5.88 Å². The van der Waals surface area contributed by atoms with E-state index < -0.39 is 0 Å². The van der Waals surface area contributed by atoms with Gasteiger partial charge in [0.1, 0.15) is 23.6 Å². The topological polar surface area (TPSA) is 52.8 Å². The van der Waals surface area contributed by atoms with Crippen LogP contribution >= 0.6 is 0 Å². The second-order valence-corrected chi connectivity index (χ2v) is 6.68. The minimum Gasteiger partial charge on any atom is -0.474 e. The van der Waals surface area contributed by atoms with Crippen molar-refractivity contribution in [3.63, 3.8) is 0 Å². The maximum Gasteiger partial charge on any atom is 0.213 e. The van der Waals surface area contributed by atoms with Gasteiger partial charge in [-0.25, -0.2) is 9.37 Å². The summed E-state index contributed by atoms with van der Waals surface area (Å²) in [6, 6.07) is 12.2. The normalized spacial score (nSPS) is 20.1. The molecule has 2 aromatic heterocycles. The van der Waals surface area contributed by atoms with Gasteiger partial charge in [-0.1, -0.05) is 6.07 Å². The van der Waals surface area contributed by atoms with Gasteiger partial charge in [0.2, 0.25) is 5.88 Å². The molecule has 0 saturated heterocycles. The highest BCUT2D eigenvalue weighted by molar-refractivity contribution is 5.35. The molecule has 0 N–H and O–H groups in total. The number of pyridine rings is 1. The van der Waals surface area contributed by atoms with Gasteiger partial charge in [-0.15, -0.1) is 10.2 Å². The van der Waals surface area contributed by atoms with Crippen LogP contribution in [-0.4, -0.2) is 25.9 Å². The average Bonchev–Trinajstić information content (AvgIpc) is 3.05. The van der Waals surface area contributed by atoms with Crippen molar-refractivity contribution in [3.8, 4) is 11.6 Å². The molecule has 0 unspecified atom stereocenters. The Morgan fingerprint density at radius 2 is 1.77 bits per heavy atom. The van der Waals surface area contributed by atoms with Crippen molar-refractivity contribution in [1.29, 1.82) is 0 Å². The molecule has 1 fully saturated rings. The van der Waals surface area contributed by atoms with Gasteiger partial charge in [0.15, 0.2) is 0 Å². The first-order chi connectivity index (χ1) is 12.7. The first-order valence-corrected chi connectivity index (χ1v) is 8.96. The summed E-state index contributed by atoms with van der Waals surface area (Å²) in [5.74, 6) is 2.53. The van der Waals surface area contributed by atoms with Crippen LogP contribution in [0.1, 0.15) is 43.3 Å². The largest absolute Gasteiger partial charge is 0.474 e. The van der Waals surface area contributed by atoms with Crippen LogP contribution in [0.25, 0.3) is 5.69 Å². The first kappa shape index (κ1) is 16.7. The van der Waals surface area contributed by atoms with Gasteiger partial charge < -0.3 is 4.74 Å². The smallest absolute Gasteiger partial charge is 0.213 e. The number of hydrogen-bond acceptors (Lipinski definition) is 4. The maximum atomic E-state index is 13.2. The maximum absolute atomic E-state index is 13.2. The summed E-state index contributed by atoms with van der Waals surface area (Å²) < 4.78 is 21.3. The fourth-order valence-electron chi connectivity index (χ4n) is 3.58. The lowest BCUT2D eigenvalue weighted by molar-refractivity contribution is 0.139. The van der Waals surface area contributed by atoms with E-state index in [0.29, 0.717) is 11.8 Å². The molecule has 1 saturated carbocycles. The molecule has 2 heterocycles. The molecule has 0 atom stereocenters. The third-order valence-electron chi connectivity index (χ3n) is 4.90. The SMILES string of the molecule is Cc1nnc(C2CCC(Oc3ccccn3)CC2)n1-c1ccc(F)cc1. The van der Waals surface area contributed by atoms with E-state index in [0.717, 1.165) is 43.0 Å². The van der Waals surface area contributed by atoms with E-state index in [1.807, 2.05) is 29.7 Å². The molecule has 6 heteroatoms. The predicted molar refractivity (Wildman–Crippen MR) is 95.9 cm³/mol. The van der Waals surface area contributed by atoms with Crippen molar-refractivity contribution in [2.75, 3.05) is 0 Å². The highest BCUT2D eigenvalue weighted by Gasteiger charge is 2.28. The molecule has 0 bridgehead atoms. The summed E-state index contributed by atoms with van der Waals surface area (Å²) in [6.07, 6.45) is 5.81. The summed E-state index contributed by atoms with van der Waals surface area (Å²) in [4.78, 5) is 4.23. The number of hydrogen-bond donors (Lipinski definition) is 0. The van der Waals surface area contributed by atoms with Crippen LogP contribution in [0, 0.1) is 12.7 Å². The zero-order valence-electron chi connectivity index (χ0n) is 14.7. The van der Waals surface area contributed by atoms with Crippen molar-refractivity contribution in [3.05, 3.63) is 66.1 Å². The van der Waals surface area contributed by atoms with Gasteiger partial charge in [0.25, 0.3) is 0 Å². The fourth-order valence-corrected chi connectivity index (χ4v) is 3.58. The van der Waals surface area contributed by atoms with Crippen LogP contribution < -0.4 is 4.74 Å². The van der Waals surface area contributed by atoms with E-state index >= 15 is 0 Å². The van der Waals surface area contributed by atoms with Gasteiger partial charge in [-0.05, 0) is 62.9 Å². The average molecular weight is 352 g/mol. The van der Waals surface area contributed by atoms with Crippen LogP contribution in [0.3, 0.4) is 0 Å². The third kappa shape index (κ3) is 3.45. The van der Waals surface area contributed by atoms with E-state index in [4.69, 9.17) is 4.74 Å². The number of aromatic nitrogens is 4. The molecule has 5 nitrogen and oxygen atoms in total. The van der Waals surface area contributed by atoms with Crippen molar-refractivity contribution in [2.24, 2.45) is 0 Å². The highest BCUT2D eigenvalue weighted by Crippen LogP contribution is 2.34. The van der Waals surface area contributed by atoms with E-state index in [-0.39, 0.29) is 11.9 Å². The Morgan fingerprint density at radius 1 is 1.00 bits per heavy atom. The Morgan fingerprint density at radius 3 is 2.46 bits per heavy atom. The standard InChI is InChI=1S/C20H21FN4O/c1-14-23-24-20(25(14)17-9-7-16(21)8-10-17)15-5-11-18(12-6-15)26-19-4-2-3-13-22-19/h2-4,7-10,13,15,18H,5-6,11-12H2,1H3. The number of benzene rings is 1. The van der Waals surface area contributed by atoms with Gasteiger partial charge in [0, 0.05) is 23.9 Å². The number of halogens is 1. The fraction of sp³-hybridized carbons (Fsp3) is 0.350. The van der Waals surface area contributed by atoms with Crippen molar-refractivity contribution >= 4 is 0 Å². The highest BCUT2D eigenvalue weighted by atomic mass is 19.1. The van der Waals surface area contributed by atoms with Gasteiger partial charge in [-0.2, -0.15) is 0 Å². The molecule has 1 aliphatic rings. The number of ether oxygens (including phenoxy) is 1. The zero-order chi connectivity index (χ0) is 17.9. The van der Waals surface area contributed by atoms with E-state index in [9.17, 15) is 4.39 Å².